The SMILES string of the molecule is Cl.O=NO.P. The first-order valence-electron chi connectivity index (χ1n) is 0.383. The van der Waals surface area contributed by atoms with Gasteiger partial charge >= 0.3 is 0 Å². The van der Waals surface area contributed by atoms with Crippen molar-refractivity contribution in [2.24, 2.45) is 5.34 Å². The molecule has 0 aliphatic rings. The van der Waals surface area contributed by atoms with Crippen LogP contribution in [0.5, 0.6) is 0 Å². The van der Waals surface area contributed by atoms with Crippen molar-refractivity contribution in [3.63, 3.8) is 0 Å². The summed E-state index contributed by atoms with van der Waals surface area (Å²) >= 11 is 0. The van der Waals surface area contributed by atoms with Gasteiger partial charge in [0.1, 0.15) is 0 Å². The third-order valence-corrected chi connectivity index (χ3v) is 0. The first-order valence-corrected chi connectivity index (χ1v) is 0.383. The Balaban J connectivity index is -0.0000000200. The van der Waals surface area contributed by atoms with Crippen molar-refractivity contribution in [2.75, 3.05) is 0 Å². The molecule has 5 heavy (non-hydrogen) atoms. The second-order valence-corrected chi connectivity index (χ2v) is 0.0816. The molecule has 0 aliphatic carbocycles. The van der Waals surface area contributed by atoms with Crippen molar-refractivity contribution in [3.8, 4) is 0 Å². The van der Waals surface area contributed by atoms with E-state index >= 15 is 0 Å². The van der Waals surface area contributed by atoms with E-state index in [4.69, 9.17) is 10.1 Å². The maximum Gasteiger partial charge on any atom is 0.152 e. The first kappa shape index (κ1) is 19.3. The summed E-state index contributed by atoms with van der Waals surface area (Å²) in [5, 5.41) is 7.89. The summed E-state index contributed by atoms with van der Waals surface area (Å²) < 4.78 is 0. The largest absolute Gasteiger partial charge is 0.379 e. The summed E-state index contributed by atoms with van der Waals surface area (Å²) in [7, 11) is 0. The van der Waals surface area contributed by atoms with Gasteiger partial charge in [0.25, 0.3) is 0 Å². The average molecular weight is 117 g/mol. The van der Waals surface area contributed by atoms with E-state index in [2.05, 4.69) is 0 Å². The highest BCUT2D eigenvalue weighted by molar-refractivity contribution is 6.92. The standard InChI is InChI=1S/ClH.HNO2.H3P/c;2-1-3;/h1H;(H,2,3);1H3. The van der Waals surface area contributed by atoms with Crippen LogP contribution in [-0.2, 0) is 0 Å². The zero-order valence-corrected chi connectivity index (χ0v) is 4.65. The van der Waals surface area contributed by atoms with Gasteiger partial charge in [0.2, 0.25) is 0 Å². The number of nitrogens with zero attached hydrogens (tertiary/aromatic N) is 1. The molecule has 0 heterocycles. The second kappa shape index (κ2) is 32.0. The first-order chi connectivity index (χ1) is 1.41. The van der Waals surface area contributed by atoms with Crippen LogP contribution in [0.1, 0.15) is 0 Å². The van der Waals surface area contributed by atoms with Gasteiger partial charge in [0.05, 0.1) is 0 Å². The van der Waals surface area contributed by atoms with E-state index in [-0.39, 0.29) is 22.3 Å². The minimum absolute atomic E-state index is 0. The summed E-state index contributed by atoms with van der Waals surface area (Å²) in [5.41, 5.74) is 0. The lowest BCUT2D eigenvalue weighted by molar-refractivity contribution is 0.312. The predicted octanol–water partition coefficient (Wildman–Crippen LogP) is 0.622. The topological polar surface area (TPSA) is 49.7 Å². The fraction of sp³-hybridized carbons (Fsp3) is 0. The van der Waals surface area contributed by atoms with Crippen LogP contribution in [0.15, 0.2) is 5.34 Å². The van der Waals surface area contributed by atoms with Crippen molar-refractivity contribution in [3.05, 3.63) is 4.91 Å². The number of hydrogen-bond donors (Lipinski definition) is 1. The predicted molar refractivity (Wildman–Crippen MR) is 25.9 cm³/mol. The van der Waals surface area contributed by atoms with Gasteiger partial charge < -0.3 is 5.21 Å². The molecule has 0 radical (unpaired) electrons. The van der Waals surface area contributed by atoms with Crippen LogP contribution in [0.25, 0.3) is 0 Å². The molecule has 0 aromatic heterocycles. The molecule has 0 amide bonds. The van der Waals surface area contributed by atoms with Crippen molar-refractivity contribution in [1.82, 2.24) is 0 Å². The van der Waals surface area contributed by atoms with Gasteiger partial charge in [-0.3, -0.25) is 0 Å². The molecule has 0 aromatic rings. The molecule has 0 saturated heterocycles. The second-order valence-electron chi connectivity index (χ2n) is 0.0816. The Morgan fingerprint density at radius 2 is 1.60 bits per heavy atom. The fourth-order valence-electron chi connectivity index (χ4n) is 0. The summed E-state index contributed by atoms with van der Waals surface area (Å²) in [6.45, 7) is 0. The van der Waals surface area contributed by atoms with Crippen molar-refractivity contribution < 1.29 is 5.21 Å². The Kier molecular flexibility index (Phi) is 124. The molecule has 34 valence electrons. The minimum Gasteiger partial charge on any atom is -0.379 e. The van der Waals surface area contributed by atoms with Crippen molar-refractivity contribution >= 4 is 22.3 Å². The van der Waals surface area contributed by atoms with Crippen LogP contribution < -0.4 is 0 Å². The van der Waals surface area contributed by atoms with Crippen molar-refractivity contribution in [1.29, 1.82) is 0 Å². The molecule has 0 bridgehead atoms. The molecule has 1 atom stereocenters. The third kappa shape index (κ3) is 1290. The Hall–Kier alpha value is 0.120. The van der Waals surface area contributed by atoms with Crippen LogP contribution in [0.3, 0.4) is 0 Å². The molecular weight excluding hydrogens is 112 g/mol. The molecule has 0 fully saturated rings. The lowest BCUT2D eigenvalue weighted by Gasteiger charge is -1.32. The van der Waals surface area contributed by atoms with E-state index < -0.39 is 0 Å². The number of halogens is 1. The Bertz CT molecular complexity index is 17.1. The number of hydrogen-bond acceptors (Lipinski definition) is 2. The van der Waals surface area contributed by atoms with Crippen LogP contribution in [-0.4, -0.2) is 5.21 Å². The average Bonchev–Trinajstić information content (AvgIpc) is 0.918. The van der Waals surface area contributed by atoms with Gasteiger partial charge in [0, 0.05) is 0 Å². The monoisotopic (exact) mass is 117 g/mol. The zero-order chi connectivity index (χ0) is 2.71. The number of rotatable bonds is 0. The molecular formula is H5ClNO2P. The van der Waals surface area contributed by atoms with Crippen LogP contribution in [0, 0.1) is 4.91 Å². The van der Waals surface area contributed by atoms with Gasteiger partial charge in [-0.1, -0.05) is 0 Å². The summed E-state index contributed by atoms with van der Waals surface area (Å²) in [5.74, 6) is 0. The smallest absolute Gasteiger partial charge is 0.152 e. The Labute approximate surface area is 38.7 Å². The molecule has 1 unspecified atom stereocenters. The van der Waals surface area contributed by atoms with Gasteiger partial charge in [-0.05, 0) is 0 Å². The lowest BCUT2D eigenvalue weighted by Crippen LogP contribution is -1.25. The maximum atomic E-state index is 8.11. The third-order valence-electron chi connectivity index (χ3n) is 0. The molecule has 0 saturated carbocycles. The molecule has 0 aliphatic heterocycles. The summed E-state index contributed by atoms with van der Waals surface area (Å²) in [6.07, 6.45) is 0. The molecule has 1 N–H and O–H groups in total. The highest BCUT2D eigenvalue weighted by Gasteiger charge is 1.18. The van der Waals surface area contributed by atoms with E-state index in [1.165, 1.54) is 5.34 Å². The van der Waals surface area contributed by atoms with E-state index in [9.17, 15) is 0 Å². The lowest BCUT2D eigenvalue weighted by atomic mass is 13.4. The zero-order valence-electron chi connectivity index (χ0n) is 2.42. The quantitative estimate of drug-likeness (QED) is 0.287. The van der Waals surface area contributed by atoms with E-state index in [0.717, 1.165) is 0 Å². The van der Waals surface area contributed by atoms with Crippen molar-refractivity contribution in [2.45, 2.75) is 0 Å². The Morgan fingerprint density at radius 1 is 1.60 bits per heavy atom. The molecule has 0 aromatic carbocycles. The summed E-state index contributed by atoms with van der Waals surface area (Å²) in [6, 6.07) is 0. The minimum atomic E-state index is 0. The van der Waals surface area contributed by atoms with Gasteiger partial charge in [-0.2, -0.15) is 9.90 Å². The van der Waals surface area contributed by atoms with E-state index in [1.54, 1.807) is 0 Å². The summed E-state index contributed by atoms with van der Waals surface area (Å²) in [4.78, 5) is 8.11. The molecule has 3 nitrogen and oxygen atoms in total. The highest BCUT2D eigenvalue weighted by atomic mass is 35.5. The van der Waals surface area contributed by atoms with Crippen LogP contribution >= 0.6 is 22.3 Å². The molecule has 0 rings (SSSR count). The Morgan fingerprint density at radius 3 is 1.60 bits per heavy atom. The van der Waals surface area contributed by atoms with Crippen LogP contribution in [0.2, 0.25) is 0 Å². The molecule has 0 spiro atoms. The fourth-order valence-corrected chi connectivity index (χ4v) is 0. The highest BCUT2D eigenvalue weighted by Crippen LogP contribution is 1.25. The normalized spacial score (nSPS) is 2.40. The molecule has 5 heteroatoms. The maximum absolute atomic E-state index is 8.11. The van der Waals surface area contributed by atoms with Gasteiger partial charge in [-0.15, -0.1) is 17.3 Å². The van der Waals surface area contributed by atoms with E-state index in [1.807, 2.05) is 0 Å². The van der Waals surface area contributed by atoms with Gasteiger partial charge in [0.15, 0.2) is 5.34 Å². The van der Waals surface area contributed by atoms with Crippen LogP contribution in [0.4, 0.5) is 0 Å². The van der Waals surface area contributed by atoms with Gasteiger partial charge in [-0.25, -0.2) is 0 Å². The van der Waals surface area contributed by atoms with E-state index in [0.29, 0.717) is 0 Å².